The van der Waals surface area contributed by atoms with Crippen molar-refractivity contribution < 1.29 is 0 Å². The van der Waals surface area contributed by atoms with Gasteiger partial charge in [-0.05, 0) is 25.7 Å². The molecule has 4 aromatic rings. The van der Waals surface area contributed by atoms with Crippen LogP contribution in [0.25, 0.3) is 28.3 Å². The van der Waals surface area contributed by atoms with Crippen molar-refractivity contribution >= 4 is 5.65 Å². The van der Waals surface area contributed by atoms with Gasteiger partial charge in [-0.15, -0.1) is 0 Å². The van der Waals surface area contributed by atoms with Crippen LogP contribution in [0.1, 0.15) is 25.8 Å². The fraction of sp³-hybridized carbons (Fsp3) is 0.300. The van der Waals surface area contributed by atoms with Gasteiger partial charge in [0.25, 0.3) is 0 Å². The molecule has 0 saturated heterocycles. The lowest BCUT2D eigenvalue weighted by Crippen LogP contribution is -2.08. The van der Waals surface area contributed by atoms with Gasteiger partial charge in [0.15, 0.2) is 0 Å². The van der Waals surface area contributed by atoms with Crippen LogP contribution < -0.4 is 0 Å². The molecule has 0 radical (unpaired) electrons. The second kappa shape index (κ2) is 6.19. The number of hydrogen-bond acceptors (Lipinski definition) is 4. The molecule has 4 heterocycles. The van der Waals surface area contributed by atoms with Crippen molar-refractivity contribution in [3.05, 3.63) is 55.4 Å². The van der Waals surface area contributed by atoms with E-state index in [4.69, 9.17) is 4.98 Å². The molecule has 0 amide bonds. The normalized spacial score (nSPS) is 15.8. The molecule has 1 aliphatic carbocycles. The molecule has 136 valence electrons. The van der Waals surface area contributed by atoms with E-state index in [2.05, 4.69) is 45.1 Å². The fourth-order valence-corrected chi connectivity index (χ4v) is 3.54. The van der Waals surface area contributed by atoms with Crippen LogP contribution in [0.2, 0.25) is 0 Å². The first-order valence-electron chi connectivity index (χ1n) is 9.23. The molecule has 0 N–H and O–H groups in total. The van der Waals surface area contributed by atoms with Crippen molar-refractivity contribution in [2.24, 2.45) is 13.0 Å². The van der Waals surface area contributed by atoms with E-state index in [1.54, 1.807) is 10.9 Å². The third kappa shape index (κ3) is 2.85. The Bertz CT molecular complexity index is 1130. The van der Waals surface area contributed by atoms with Gasteiger partial charge in [-0.25, -0.2) is 9.97 Å². The Morgan fingerprint density at radius 1 is 1.15 bits per heavy atom. The second-order valence-corrected chi connectivity index (χ2v) is 7.09. The smallest absolute Gasteiger partial charge is 0.149 e. The monoisotopic (exact) mass is 359 g/mol. The Balaban J connectivity index is 1.61. The van der Waals surface area contributed by atoms with E-state index < -0.39 is 0 Å². The van der Waals surface area contributed by atoms with Crippen LogP contribution in [-0.4, -0.2) is 33.9 Å². The van der Waals surface area contributed by atoms with Crippen LogP contribution in [0.15, 0.2) is 55.4 Å². The lowest BCUT2D eigenvalue weighted by molar-refractivity contribution is 0.485. The highest BCUT2D eigenvalue weighted by Crippen LogP contribution is 2.40. The number of aromatic nitrogens is 7. The molecule has 1 aliphatic rings. The molecular formula is C20H21N7. The average Bonchev–Trinajstić information content (AvgIpc) is 3.07. The van der Waals surface area contributed by atoms with Gasteiger partial charge in [-0.1, -0.05) is 12.2 Å². The summed E-state index contributed by atoms with van der Waals surface area (Å²) in [6, 6.07) is 2.31. The van der Waals surface area contributed by atoms with Gasteiger partial charge >= 0.3 is 0 Å². The molecule has 7 nitrogen and oxygen atoms in total. The molecule has 0 bridgehead atoms. The number of aryl methyl sites for hydroxylation is 1. The molecule has 1 atom stereocenters. The predicted molar refractivity (Wildman–Crippen MR) is 103 cm³/mol. The zero-order chi connectivity index (χ0) is 18.4. The third-order valence-electron chi connectivity index (χ3n) is 5.05. The molecule has 0 aliphatic heterocycles. The number of allylic oxidation sites excluding steroid dienone is 2. The summed E-state index contributed by atoms with van der Waals surface area (Å²) in [6.07, 6.45) is 18.4. The number of rotatable bonds is 5. The van der Waals surface area contributed by atoms with E-state index in [0.717, 1.165) is 28.3 Å². The lowest BCUT2D eigenvalue weighted by atomic mass is 10.2. The van der Waals surface area contributed by atoms with Crippen molar-refractivity contribution in [2.45, 2.75) is 25.8 Å². The Labute approximate surface area is 157 Å². The molecule has 7 heteroatoms. The zero-order valence-corrected chi connectivity index (χ0v) is 15.4. The lowest BCUT2D eigenvalue weighted by Gasteiger charge is -2.12. The molecule has 0 unspecified atom stereocenters. The summed E-state index contributed by atoms with van der Waals surface area (Å²) in [7, 11) is 1.90. The molecule has 27 heavy (non-hydrogen) atoms. The first-order valence-corrected chi connectivity index (χ1v) is 9.23. The first kappa shape index (κ1) is 16.0. The fourth-order valence-electron chi connectivity index (χ4n) is 3.54. The van der Waals surface area contributed by atoms with E-state index in [1.165, 1.54) is 12.8 Å². The molecule has 5 rings (SSSR count). The molecule has 4 aromatic heterocycles. The zero-order valence-electron chi connectivity index (χ0n) is 15.4. The summed E-state index contributed by atoms with van der Waals surface area (Å²) in [4.78, 5) is 9.37. The van der Waals surface area contributed by atoms with Gasteiger partial charge in [0.1, 0.15) is 11.5 Å². The van der Waals surface area contributed by atoms with E-state index >= 15 is 0 Å². The quantitative estimate of drug-likeness (QED) is 0.511. The number of fused-ring (bicyclic) bond motifs is 1. The Hall–Kier alpha value is -3.22. The molecule has 1 fully saturated rings. The van der Waals surface area contributed by atoms with E-state index in [0.29, 0.717) is 12.0 Å². The third-order valence-corrected chi connectivity index (χ3v) is 5.05. The van der Waals surface area contributed by atoms with Gasteiger partial charge in [0.05, 0.1) is 29.7 Å². The number of hydrogen-bond donors (Lipinski definition) is 0. The molecule has 0 aromatic carbocycles. The van der Waals surface area contributed by atoms with Crippen LogP contribution in [0.5, 0.6) is 0 Å². The van der Waals surface area contributed by atoms with Crippen molar-refractivity contribution in [3.8, 4) is 22.6 Å². The average molecular weight is 359 g/mol. The standard InChI is InChI=1S/C20H21N7/c1-3-4-18(14-5-6-14)27-13-16(11-23-27)20-24-17(15-10-22-25(2)12-15)9-19-21-7-8-26(19)20/h3-4,7-14,18H,5-6H2,1-2H3/t18-/m0/s1. The molecule has 1 saturated carbocycles. The van der Waals surface area contributed by atoms with Gasteiger partial charge in [0.2, 0.25) is 0 Å². The Kier molecular flexibility index (Phi) is 3.67. The van der Waals surface area contributed by atoms with Gasteiger partial charge < -0.3 is 0 Å². The molecular weight excluding hydrogens is 338 g/mol. The summed E-state index contributed by atoms with van der Waals surface area (Å²) in [5.41, 5.74) is 3.68. The summed E-state index contributed by atoms with van der Waals surface area (Å²) in [5.74, 6) is 1.53. The van der Waals surface area contributed by atoms with Crippen molar-refractivity contribution in [1.82, 2.24) is 33.9 Å². The maximum Gasteiger partial charge on any atom is 0.149 e. The van der Waals surface area contributed by atoms with Crippen LogP contribution in [0.4, 0.5) is 0 Å². The first-order chi connectivity index (χ1) is 13.2. The summed E-state index contributed by atoms with van der Waals surface area (Å²) < 4.78 is 5.85. The number of imidazole rings is 1. The van der Waals surface area contributed by atoms with E-state index in [-0.39, 0.29) is 0 Å². The topological polar surface area (TPSA) is 65.8 Å². The van der Waals surface area contributed by atoms with Crippen LogP contribution in [0.3, 0.4) is 0 Å². The Morgan fingerprint density at radius 3 is 2.74 bits per heavy atom. The minimum Gasteiger partial charge on any atom is -0.284 e. The van der Waals surface area contributed by atoms with Crippen molar-refractivity contribution in [1.29, 1.82) is 0 Å². The maximum atomic E-state index is 4.90. The van der Waals surface area contributed by atoms with Crippen LogP contribution >= 0.6 is 0 Å². The summed E-state index contributed by atoms with van der Waals surface area (Å²) in [6.45, 7) is 2.06. The van der Waals surface area contributed by atoms with Gasteiger partial charge in [-0.2, -0.15) is 10.2 Å². The summed E-state index contributed by atoms with van der Waals surface area (Å²) in [5, 5.41) is 8.91. The maximum absolute atomic E-state index is 4.90. The van der Waals surface area contributed by atoms with E-state index in [1.807, 2.05) is 42.3 Å². The number of nitrogens with zero attached hydrogens (tertiary/aromatic N) is 7. The minimum absolute atomic E-state index is 0.323. The largest absolute Gasteiger partial charge is 0.284 e. The summed E-state index contributed by atoms with van der Waals surface area (Å²) >= 11 is 0. The van der Waals surface area contributed by atoms with Gasteiger partial charge in [0, 0.05) is 43.5 Å². The van der Waals surface area contributed by atoms with Crippen LogP contribution in [0, 0.1) is 5.92 Å². The highest BCUT2D eigenvalue weighted by molar-refractivity contribution is 5.68. The van der Waals surface area contributed by atoms with Crippen molar-refractivity contribution in [2.75, 3.05) is 0 Å². The highest BCUT2D eigenvalue weighted by atomic mass is 15.3. The van der Waals surface area contributed by atoms with Gasteiger partial charge in [-0.3, -0.25) is 13.8 Å². The SMILES string of the molecule is CC=C[C@@H](C1CC1)n1cc(-c2nc(-c3cnn(C)c3)cc3nccn23)cn1. The van der Waals surface area contributed by atoms with Crippen molar-refractivity contribution in [3.63, 3.8) is 0 Å². The second-order valence-electron chi connectivity index (χ2n) is 7.09. The van der Waals surface area contributed by atoms with E-state index in [9.17, 15) is 0 Å². The molecule has 0 spiro atoms. The Morgan fingerprint density at radius 2 is 2.00 bits per heavy atom. The predicted octanol–water partition coefficient (Wildman–Crippen LogP) is 3.52. The minimum atomic E-state index is 0.323. The highest BCUT2D eigenvalue weighted by Gasteiger charge is 2.31. The van der Waals surface area contributed by atoms with Crippen LogP contribution in [-0.2, 0) is 7.05 Å².